The molecule has 6 rings (SSSR count). The average molecular weight is 516 g/mol. The molecule has 3 N–H and O–H groups in total. The number of carboxylic acid groups (broad SMARTS) is 1. The van der Waals surface area contributed by atoms with Gasteiger partial charge in [0.1, 0.15) is 16.6 Å². The lowest BCUT2D eigenvalue weighted by molar-refractivity contribution is -0.184. The van der Waals surface area contributed by atoms with Crippen molar-refractivity contribution in [3.63, 3.8) is 0 Å². The maximum absolute atomic E-state index is 13.6. The first-order valence-corrected chi connectivity index (χ1v) is 14.8. The van der Waals surface area contributed by atoms with Crippen molar-refractivity contribution in [3.05, 3.63) is 17.7 Å². The van der Waals surface area contributed by atoms with Crippen molar-refractivity contribution in [1.82, 2.24) is 10.3 Å². The van der Waals surface area contributed by atoms with Crippen molar-refractivity contribution < 1.29 is 19.8 Å². The Morgan fingerprint density at radius 1 is 1.17 bits per heavy atom. The molecule has 7 nitrogen and oxygen atoms in total. The van der Waals surface area contributed by atoms with Gasteiger partial charge in [-0.3, -0.25) is 9.59 Å². The normalized spacial score (nSPS) is 33.2. The van der Waals surface area contributed by atoms with Crippen molar-refractivity contribution in [2.24, 2.45) is 35.5 Å². The number of nitrogens with one attached hydrogen (secondary N) is 1. The molecule has 2 heterocycles. The van der Waals surface area contributed by atoms with E-state index >= 15 is 0 Å². The molecule has 1 saturated heterocycles. The van der Waals surface area contributed by atoms with Crippen LogP contribution in [-0.2, 0) is 4.79 Å². The predicted octanol–water partition coefficient (Wildman–Crippen LogP) is 4.79. The Morgan fingerprint density at radius 3 is 2.50 bits per heavy atom. The van der Waals surface area contributed by atoms with Crippen LogP contribution >= 0.6 is 11.8 Å². The van der Waals surface area contributed by atoms with E-state index in [4.69, 9.17) is 4.98 Å². The molecule has 4 saturated carbocycles. The number of carboxylic acids is 1. The number of amides is 1. The molecule has 0 unspecified atom stereocenters. The molecule has 36 heavy (non-hydrogen) atoms. The predicted molar refractivity (Wildman–Crippen MR) is 141 cm³/mol. The summed E-state index contributed by atoms with van der Waals surface area (Å²) in [5.74, 6) is 3.10. The molecule has 5 fully saturated rings. The zero-order valence-electron chi connectivity index (χ0n) is 21.6. The molecule has 0 aromatic carbocycles. The van der Waals surface area contributed by atoms with Crippen LogP contribution in [0.5, 0.6) is 0 Å². The number of anilines is 1. The number of aliphatic carboxylic acids is 1. The average Bonchev–Trinajstić information content (AvgIpc) is 2.81. The Morgan fingerprint density at radius 2 is 1.86 bits per heavy atom. The van der Waals surface area contributed by atoms with Gasteiger partial charge in [-0.05, 0) is 92.9 Å². The highest BCUT2D eigenvalue weighted by Gasteiger charge is 2.57. The molecule has 0 radical (unpaired) electrons. The lowest BCUT2D eigenvalue weighted by Crippen LogP contribution is -2.66. The third kappa shape index (κ3) is 5.40. The van der Waals surface area contributed by atoms with Crippen LogP contribution in [0.15, 0.2) is 17.2 Å². The maximum Gasteiger partial charge on any atom is 0.303 e. The molecule has 4 aliphatic carbocycles. The summed E-state index contributed by atoms with van der Waals surface area (Å²) >= 11 is 1.61. The zero-order chi connectivity index (χ0) is 25.4. The Kier molecular flexibility index (Phi) is 7.55. The van der Waals surface area contributed by atoms with Crippen LogP contribution in [0.4, 0.5) is 5.82 Å². The number of piperidine rings is 1. The maximum atomic E-state index is 13.6. The molecular formula is C28H41N3O4S. The van der Waals surface area contributed by atoms with Crippen molar-refractivity contribution in [2.45, 2.75) is 82.4 Å². The van der Waals surface area contributed by atoms with Gasteiger partial charge in [0, 0.05) is 31.3 Å². The van der Waals surface area contributed by atoms with Gasteiger partial charge in [0.25, 0.3) is 5.91 Å². The minimum Gasteiger partial charge on any atom is -0.481 e. The van der Waals surface area contributed by atoms with Gasteiger partial charge >= 0.3 is 5.97 Å². The first-order valence-electron chi connectivity index (χ1n) is 13.9. The molecule has 198 valence electrons. The van der Waals surface area contributed by atoms with Crippen LogP contribution in [0.2, 0.25) is 0 Å². The molecule has 8 heteroatoms. The fourth-order valence-corrected chi connectivity index (χ4v) is 8.58. The van der Waals surface area contributed by atoms with Crippen LogP contribution in [0.1, 0.15) is 82.0 Å². The third-order valence-electron chi connectivity index (χ3n) is 9.03. The summed E-state index contributed by atoms with van der Waals surface area (Å²) in [5.41, 5.74) is -0.575. The Hall–Kier alpha value is -1.80. The number of hydrogen-bond acceptors (Lipinski definition) is 6. The van der Waals surface area contributed by atoms with Gasteiger partial charge < -0.3 is 20.4 Å². The number of hydrogen-bond donors (Lipinski definition) is 3. The highest BCUT2D eigenvalue weighted by Crippen LogP contribution is 2.57. The van der Waals surface area contributed by atoms with Gasteiger partial charge in [0.2, 0.25) is 0 Å². The van der Waals surface area contributed by atoms with Crippen LogP contribution in [0.25, 0.3) is 0 Å². The molecule has 0 spiro atoms. The monoisotopic (exact) mass is 515 g/mol. The molecular weight excluding hydrogens is 474 g/mol. The summed E-state index contributed by atoms with van der Waals surface area (Å²) in [6.45, 7) is 5.90. The third-order valence-corrected chi connectivity index (χ3v) is 10.1. The highest BCUT2D eigenvalue weighted by molar-refractivity contribution is 7.99. The smallest absolute Gasteiger partial charge is 0.303 e. The second kappa shape index (κ2) is 10.5. The first kappa shape index (κ1) is 25.8. The summed E-state index contributed by atoms with van der Waals surface area (Å²) in [4.78, 5) is 32.0. The standard InChI is InChI=1S/C28H41N3O4S/c1-17(2)7-9-36-27-23(5-6-24(29-27)31-8-3-4-18(16-31)15-25(32)33)26(34)30-28(35)21-11-19-10-20(13-21)14-22(28)12-19/h5-6,17-22,35H,3-4,7-16H2,1-2H3,(H,30,34)(H,32,33)/t18-,19-,20?,21?,22?,28+/m0/s1. The zero-order valence-corrected chi connectivity index (χ0v) is 22.4. The molecule has 1 aromatic heterocycles. The van der Waals surface area contributed by atoms with Gasteiger partial charge in [-0.25, -0.2) is 4.98 Å². The van der Waals surface area contributed by atoms with Crippen molar-refractivity contribution in [3.8, 4) is 0 Å². The molecule has 1 amide bonds. The van der Waals surface area contributed by atoms with Gasteiger partial charge in [-0.15, -0.1) is 11.8 Å². The summed E-state index contributed by atoms with van der Waals surface area (Å²) in [5, 5.41) is 24.8. The van der Waals surface area contributed by atoms with Crippen molar-refractivity contribution in [1.29, 1.82) is 0 Å². The SMILES string of the molecule is CC(C)CCSc1nc(N2CCC[C@@H](CC(=O)O)C2)ccc1C(=O)N[C@]1(O)C2CC3CC1C[C@H](C3)C2. The Labute approximate surface area is 218 Å². The number of carbonyl (C=O) groups is 2. The number of thioether (sulfide) groups is 1. The number of aromatic nitrogens is 1. The van der Waals surface area contributed by atoms with Crippen molar-refractivity contribution >= 4 is 29.5 Å². The Bertz CT molecular complexity index is 956. The lowest BCUT2D eigenvalue weighted by Gasteiger charge is -2.58. The largest absolute Gasteiger partial charge is 0.481 e. The molecule has 4 bridgehead atoms. The van der Waals surface area contributed by atoms with E-state index < -0.39 is 11.7 Å². The van der Waals surface area contributed by atoms with E-state index in [1.807, 2.05) is 12.1 Å². The van der Waals surface area contributed by atoms with E-state index in [2.05, 4.69) is 24.1 Å². The fourth-order valence-electron chi connectivity index (χ4n) is 7.32. The molecule has 1 atom stereocenters. The number of aliphatic hydroxyl groups is 1. The van der Waals surface area contributed by atoms with Crippen LogP contribution in [-0.4, -0.2) is 51.6 Å². The highest BCUT2D eigenvalue weighted by atomic mass is 32.2. The van der Waals surface area contributed by atoms with Gasteiger partial charge in [-0.2, -0.15) is 0 Å². The van der Waals surface area contributed by atoms with Gasteiger partial charge in [0.05, 0.1) is 5.56 Å². The van der Waals surface area contributed by atoms with E-state index in [0.29, 0.717) is 34.9 Å². The molecule has 5 aliphatic rings. The van der Waals surface area contributed by atoms with Gasteiger partial charge in [0.15, 0.2) is 0 Å². The topological polar surface area (TPSA) is 103 Å². The Balaban J connectivity index is 1.35. The number of nitrogens with zero attached hydrogens (tertiary/aromatic N) is 2. The summed E-state index contributed by atoms with van der Waals surface area (Å²) in [6, 6.07) is 3.75. The fraction of sp³-hybridized carbons (Fsp3) is 0.750. The van der Waals surface area contributed by atoms with Crippen LogP contribution < -0.4 is 10.2 Å². The quantitative estimate of drug-likeness (QED) is 0.321. The molecule has 1 aliphatic heterocycles. The minimum absolute atomic E-state index is 0.115. The van der Waals surface area contributed by atoms with Crippen LogP contribution in [0, 0.1) is 35.5 Å². The number of rotatable bonds is 9. The van der Waals surface area contributed by atoms with Crippen LogP contribution in [0.3, 0.4) is 0 Å². The van der Waals surface area contributed by atoms with Crippen molar-refractivity contribution in [2.75, 3.05) is 23.7 Å². The summed E-state index contributed by atoms with van der Waals surface area (Å²) in [7, 11) is 0. The number of carbonyl (C=O) groups excluding carboxylic acids is 1. The minimum atomic E-state index is -1.11. The lowest BCUT2D eigenvalue weighted by atomic mass is 9.52. The molecule has 1 aromatic rings. The number of pyridine rings is 1. The second-order valence-electron chi connectivity index (χ2n) is 12.2. The second-order valence-corrected chi connectivity index (χ2v) is 13.3. The summed E-state index contributed by atoms with van der Waals surface area (Å²) < 4.78 is 0. The van der Waals surface area contributed by atoms with E-state index in [1.165, 1.54) is 6.42 Å². The van der Waals surface area contributed by atoms with E-state index in [9.17, 15) is 19.8 Å². The first-order chi connectivity index (χ1) is 17.2. The van der Waals surface area contributed by atoms with E-state index in [0.717, 1.165) is 63.1 Å². The van der Waals surface area contributed by atoms with E-state index in [-0.39, 0.29) is 30.1 Å². The summed E-state index contributed by atoms with van der Waals surface area (Å²) in [6.07, 6.45) is 8.43. The van der Waals surface area contributed by atoms with Gasteiger partial charge in [-0.1, -0.05) is 13.8 Å². The van der Waals surface area contributed by atoms with E-state index in [1.54, 1.807) is 11.8 Å².